The van der Waals surface area contributed by atoms with Gasteiger partial charge < -0.3 is 14.2 Å². The van der Waals surface area contributed by atoms with E-state index in [9.17, 15) is 0 Å². The molecule has 2 rings (SSSR count). The maximum atomic E-state index is 5.92. The minimum absolute atomic E-state index is 0.182. The van der Waals surface area contributed by atoms with E-state index in [1.807, 2.05) is 11.8 Å². The van der Waals surface area contributed by atoms with Gasteiger partial charge in [0.1, 0.15) is 19.6 Å². The Morgan fingerprint density at radius 1 is 1.62 bits per heavy atom. The lowest BCUT2D eigenvalue weighted by Crippen LogP contribution is -2.45. The fourth-order valence-electron chi connectivity index (χ4n) is 2.38. The van der Waals surface area contributed by atoms with Crippen LogP contribution in [0.25, 0.3) is 0 Å². The summed E-state index contributed by atoms with van der Waals surface area (Å²) in [7, 11) is 5.58. The molecule has 74 valence electrons. The molecular weight excluding hydrogens is 187 g/mol. The van der Waals surface area contributed by atoms with Crippen molar-refractivity contribution in [2.45, 2.75) is 23.0 Å². The lowest BCUT2D eigenvalue weighted by atomic mass is 9.93. The summed E-state index contributed by atoms with van der Waals surface area (Å²) in [5, 5.41) is 0.486. The van der Waals surface area contributed by atoms with Crippen LogP contribution in [0.1, 0.15) is 0 Å². The van der Waals surface area contributed by atoms with E-state index in [1.165, 1.54) is 0 Å². The summed E-state index contributed by atoms with van der Waals surface area (Å²) >= 11 is 1.94. The van der Waals surface area contributed by atoms with Crippen molar-refractivity contribution in [3.05, 3.63) is 0 Å². The molecule has 4 atom stereocenters. The Morgan fingerprint density at radius 3 is 2.92 bits per heavy atom. The third-order valence-electron chi connectivity index (χ3n) is 2.86. The summed E-state index contributed by atoms with van der Waals surface area (Å²) < 4.78 is 16.6. The lowest BCUT2D eigenvalue weighted by Gasteiger charge is -2.29. The minimum atomic E-state index is -0.182. The Balaban J connectivity index is 2.17. The second-order valence-corrected chi connectivity index (χ2v) is 4.92. The van der Waals surface area contributed by atoms with E-state index >= 15 is 0 Å². The van der Waals surface area contributed by atoms with Gasteiger partial charge in [-0.05, 0) is 0 Å². The number of fused-ring (bicyclic) bond motifs is 2. The highest BCUT2D eigenvalue weighted by molar-refractivity contribution is 8.00. The molecule has 2 aliphatic heterocycles. The molecule has 13 heavy (non-hydrogen) atoms. The summed E-state index contributed by atoms with van der Waals surface area (Å²) in [6, 6.07) is 0.291. The minimum Gasteiger partial charge on any atom is -0.382 e. The monoisotopic (exact) mass is 202 g/mol. The number of hydrogen-bond donors (Lipinski definition) is 0. The zero-order valence-corrected chi connectivity index (χ0v) is 9.10. The van der Waals surface area contributed by atoms with Crippen molar-refractivity contribution in [2.24, 2.45) is 0 Å². The Hall–Kier alpha value is 0.295. The average molecular weight is 202 g/mol. The third-order valence-corrected chi connectivity index (χ3v) is 4.53. The van der Waals surface area contributed by atoms with Crippen molar-refractivity contribution in [3.63, 3.8) is 0 Å². The van der Waals surface area contributed by atoms with Crippen molar-refractivity contribution in [1.82, 2.24) is 0 Å². The van der Waals surface area contributed by atoms with Gasteiger partial charge in [0.25, 0.3) is 0 Å². The highest BCUT2D eigenvalue weighted by atomic mass is 32.2. The fraction of sp³-hybridized carbons (Fsp3) is 1.00. The molecular formula is C8H15BO3S. The molecule has 2 aliphatic rings. The Labute approximate surface area is 83.9 Å². The predicted molar refractivity (Wildman–Crippen MR) is 55.1 cm³/mol. The standard InChI is InChI=1S/C8H15BO3S/c1-10-3-8-4-13-5(6(8)11-2)7(9)12-8/h5-7H,3-4,9H2,1-2H3/t5?,6-,7-,8+/m1/s1. The molecule has 2 heterocycles. The summed E-state index contributed by atoms with van der Waals surface area (Å²) in [4.78, 5) is 0. The van der Waals surface area contributed by atoms with Gasteiger partial charge in [0.2, 0.25) is 0 Å². The molecule has 0 aromatic rings. The highest BCUT2D eigenvalue weighted by Gasteiger charge is 2.59. The molecule has 0 saturated carbocycles. The topological polar surface area (TPSA) is 27.7 Å². The normalized spacial score (nSPS) is 48.6. The molecule has 0 aromatic heterocycles. The second-order valence-electron chi connectivity index (χ2n) is 3.75. The first-order chi connectivity index (χ1) is 6.23. The molecule has 0 aliphatic carbocycles. The molecule has 2 saturated heterocycles. The molecule has 0 aromatic carbocycles. The van der Waals surface area contributed by atoms with Crippen LogP contribution in [0.2, 0.25) is 0 Å². The fourth-order valence-corrected chi connectivity index (χ4v) is 4.03. The molecule has 3 nitrogen and oxygen atoms in total. The van der Waals surface area contributed by atoms with Crippen LogP contribution in [0.15, 0.2) is 0 Å². The maximum absolute atomic E-state index is 5.92. The molecule has 0 spiro atoms. The first-order valence-electron chi connectivity index (χ1n) is 4.54. The van der Waals surface area contributed by atoms with Gasteiger partial charge in [-0.2, -0.15) is 11.8 Å². The average Bonchev–Trinajstić information content (AvgIpc) is 2.55. The Kier molecular flexibility index (Phi) is 2.62. The van der Waals surface area contributed by atoms with E-state index in [0.717, 1.165) is 5.75 Å². The van der Waals surface area contributed by atoms with E-state index in [2.05, 4.69) is 7.85 Å². The number of ether oxygens (including phenoxy) is 3. The van der Waals surface area contributed by atoms with E-state index in [1.54, 1.807) is 14.2 Å². The molecule has 5 heteroatoms. The molecule has 2 fully saturated rings. The van der Waals surface area contributed by atoms with Crippen molar-refractivity contribution in [2.75, 3.05) is 26.6 Å². The summed E-state index contributed by atoms with van der Waals surface area (Å²) in [5.74, 6) is 0.994. The van der Waals surface area contributed by atoms with Gasteiger partial charge in [0.05, 0.1) is 11.9 Å². The SMILES string of the molecule is B[C@@H]1O[C@@]2(COC)CSC1[C@H]2OC. The second kappa shape index (κ2) is 3.46. The lowest BCUT2D eigenvalue weighted by molar-refractivity contribution is -0.0981. The summed E-state index contributed by atoms with van der Waals surface area (Å²) in [6.45, 7) is 0.638. The Bertz CT molecular complexity index is 204. The van der Waals surface area contributed by atoms with Crippen molar-refractivity contribution in [1.29, 1.82) is 0 Å². The molecule has 1 unspecified atom stereocenters. The summed E-state index contributed by atoms with van der Waals surface area (Å²) in [6.07, 6.45) is 0.201. The van der Waals surface area contributed by atoms with Gasteiger partial charge >= 0.3 is 0 Å². The van der Waals surface area contributed by atoms with Gasteiger partial charge in [0.15, 0.2) is 0 Å². The van der Waals surface area contributed by atoms with Crippen LogP contribution < -0.4 is 0 Å². The predicted octanol–water partition coefficient (Wildman–Crippen LogP) is -0.509. The number of rotatable bonds is 3. The maximum Gasteiger partial charge on any atom is 0.140 e. The summed E-state index contributed by atoms with van der Waals surface area (Å²) in [5.41, 5.74) is -0.182. The smallest absolute Gasteiger partial charge is 0.140 e. The van der Waals surface area contributed by atoms with Crippen LogP contribution in [0, 0.1) is 0 Å². The van der Waals surface area contributed by atoms with Crippen LogP contribution in [0.4, 0.5) is 0 Å². The first kappa shape index (κ1) is 9.83. The first-order valence-corrected chi connectivity index (χ1v) is 5.59. The molecule has 0 radical (unpaired) electrons. The molecule has 0 N–H and O–H groups in total. The number of hydrogen-bond acceptors (Lipinski definition) is 4. The van der Waals surface area contributed by atoms with Crippen LogP contribution in [0.3, 0.4) is 0 Å². The van der Waals surface area contributed by atoms with Gasteiger partial charge in [-0.25, -0.2) is 0 Å². The third kappa shape index (κ3) is 1.33. The zero-order valence-electron chi connectivity index (χ0n) is 8.28. The van der Waals surface area contributed by atoms with Crippen LogP contribution in [-0.4, -0.2) is 57.4 Å². The van der Waals surface area contributed by atoms with Crippen molar-refractivity contribution < 1.29 is 14.2 Å². The van der Waals surface area contributed by atoms with Gasteiger partial charge in [-0.3, -0.25) is 0 Å². The van der Waals surface area contributed by atoms with Crippen LogP contribution in [-0.2, 0) is 14.2 Å². The molecule has 2 bridgehead atoms. The van der Waals surface area contributed by atoms with E-state index < -0.39 is 0 Å². The van der Waals surface area contributed by atoms with E-state index in [4.69, 9.17) is 14.2 Å². The van der Waals surface area contributed by atoms with Crippen LogP contribution >= 0.6 is 11.8 Å². The van der Waals surface area contributed by atoms with Gasteiger partial charge in [0, 0.05) is 26.0 Å². The highest BCUT2D eigenvalue weighted by Crippen LogP contribution is 2.48. The van der Waals surface area contributed by atoms with Gasteiger partial charge in [-0.1, -0.05) is 0 Å². The number of methoxy groups -OCH3 is 2. The van der Waals surface area contributed by atoms with Crippen molar-refractivity contribution >= 4 is 19.6 Å². The quantitative estimate of drug-likeness (QED) is 0.576. The Morgan fingerprint density at radius 2 is 2.38 bits per heavy atom. The van der Waals surface area contributed by atoms with Gasteiger partial charge in [-0.15, -0.1) is 0 Å². The van der Waals surface area contributed by atoms with Crippen molar-refractivity contribution in [3.8, 4) is 0 Å². The number of thioether (sulfide) groups is 1. The zero-order chi connectivity index (χ0) is 9.47. The van der Waals surface area contributed by atoms with E-state index in [0.29, 0.717) is 17.9 Å². The molecule has 0 amide bonds. The van der Waals surface area contributed by atoms with E-state index in [-0.39, 0.29) is 11.7 Å². The largest absolute Gasteiger partial charge is 0.382 e. The van der Waals surface area contributed by atoms with Crippen LogP contribution in [0.5, 0.6) is 0 Å².